The molecule has 0 heterocycles. The maximum atomic E-state index is 5.45. The lowest BCUT2D eigenvalue weighted by molar-refractivity contribution is 0.334. The zero-order valence-electron chi connectivity index (χ0n) is 7.55. The van der Waals surface area contributed by atoms with Crippen LogP contribution in [0.5, 0.6) is 0 Å². The van der Waals surface area contributed by atoms with E-state index in [4.69, 9.17) is 12.2 Å². The van der Waals surface area contributed by atoms with Crippen LogP contribution >= 0.6 is 12.4 Å². The van der Waals surface area contributed by atoms with Crippen LogP contribution in [0, 0.1) is 23.7 Å². The fourth-order valence-corrected chi connectivity index (χ4v) is 0.949. The molecule has 0 aliphatic rings. The third kappa shape index (κ3) is 7.71. The van der Waals surface area contributed by atoms with E-state index in [1.165, 1.54) is 0 Å². The Morgan fingerprint density at radius 3 is 2.00 bits per heavy atom. The number of hydrogen-bond acceptors (Lipinski definition) is 1. The van der Waals surface area contributed by atoms with Crippen molar-refractivity contribution in [2.45, 2.75) is 27.2 Å². The van der Waals surface area contributed by atoms with E-state index in [2.05, 4.69) is 26.7 Å². The van der Waals surface area contributed by atoms with Crippen LogP contribution in [-0.4, -0.2) is 6.54 Å². The Balaban J connectivity index is 0. The molecule has 0 aromatic heterocycles. The fourth-order valence-electron chi connectivity index (χ4n) is 0.949. The summed E-state index contributed by atoms with van der Waals surface area (Å²) in [6.07, 6.45) is 6.27. The second-order valence-corrected chi connectivity index (χ2v) is 3.86. The molecule has 2 heteroatoms. The summed E-state index contributed by atoms with van der Waals surface area (Å²) in [5.41, 5.74) is 5.75. The van der Waals surface area contributed by atoms with Gasteiger partial charge in [-0.15, -0.1) is 24.8 Å². The van der Waals surface area contributed by atoms with Gasteiger partial charge in [0.1, 0.15) is 0 Å². The molecule has 0 aromatic carbocycles. The molecule has 0 aromatic rings. The zero-order chi connectivity index (χ0) is 8.20. The van der Waals surface area contributed by atoms with Crippen molar-refractivity contribution in [2.75, 3.05) is 6.54 Å². The molecule has 2 N–H and O–H groups in total. The maximum absolute atomic E-state index is 5.45. The molecule has 0 bridgehead atoms. The van der Waals surface area contributed by atoms with Crippen LogP contribution in [0.2, 0.25) is 0 Å². The summed E-state index contributed by atoms with van der Waals surface area (Å²) in [6.45, 7) is 7.13. The second-order valence-electron chi connectivity index (χ2n) is 3.86. The van der Waals surface area contributed by atoms with Crippen LogP contribution in [0.1, 0.15) is 27.2 Å². The SMILES string of the molecule is C#CC(CN)CC(C)(C)C.Cl. The lowest BCUT2D eigenvalue weighted by Gasteiger charge is -2.21. The van der Waals surface area contributed by atoms with Gasteiger partial charge in [0.05, 0.1) is 0 Å². The third-order valence-electron chi connectivity index (χ3n) is 1.38. The van der Waals surface area contributed by atoms with Crippen LogP contribution in [0.4, 0.5) is 0 Å². The molecule has 0 radical (unpaired) electrons. The largest absolute Gasteiger partial charge is 0.329 e. The summed E-state index contributed by atoms with van der Waals surface area (Å²) in [5.74, 6) is 2.93. The normalized spacial score (nSPS) is 13.0. The van der Waals surface area contributed by atoms with Gasteiger partial charge in [-0.1, -0.05) is 20.8 Å². The van der Waals surface area contributed by atoms with Gasteiger partial charge in [0.2, 0.25) is 0 Å². The number of halogens is 1. The van der Waals surface area contributed by atoms with Gasteiger partial charge < -0.3 is 5.73 Å². The monoisotopic (exact) mass is 175 g/mol. The van der Waals surface area contributed by atoms with Crippen LogP contribution in [0.25, 0.3) is 0 Å². The van der Waals surface area contributed by atoms with Crippen molar-refractivity contribution in [1.82, 2.24) is 0 Å². The van der Waals surface area contributed by atoms with E-state index in [-0.39, 0.29) is 18.3 Å². The topological polar surface area (TPSA) is 26.0 Å². The Morgan fingerprint density at radius 2 is 1.91 bits per heavy atom. The Kier molecular flexibility index (Phi) is 6.65. The first-order valence-electron chi connectivity index (χ1n) is 3.66. The van der Waals surface area contributed by atoms with Gasteiger partial charge in [0.25, 0.3) is 0 Å². The molecule has 0 spiro atoms. The highest BCUT2D eigenvalue weighted by molar-refractivity contribution is 5.85. The highest BCUT2D eigenvalue weighted by Gasteiger charge is 2.15. The summed E-state index contributed by atoms with van der Waals surface area (Å²) in [6, 6.07) is 0. The Hall–Kier alpha value is -0.190. The fraction of sp³-hybridized carbons (Fsp3) is 0.778. The van der Waals surface area contributed by atoms with Crippen molar-refractivity contribution >= 4 is 12.4 Å². The lowest BCUT2D eigenvalue weighted by atomic mass is 9.85. The van der Waals surface area contributed by atoms with Crippen LogP contribution < -0.4 is 5.73 Å². The molecule has 0 rings (SSSR count). The van der Waals surface area contributed by atoms with Crippen LogP contribution in [-0.2, 0) is 0 Å². The summed E-state index contributed by atoms with van der Waals surface area (Å²) in [7, 11) is 0. The van der Waals surface area contributed by atoms with Gasteiger partial charge in [0.15, 0.2) is 0 Å². The summed E-state index contributed by atoms with van der Waals surface area (Å²) in [4.78, 5) is 0. The highest BCUT2D eigenvalue weighted by atomic mass is 35.5. The highest BCUT2D eigenvalue weighted by Crippen LogP contribution is 2.23. The molecule has 1 unspecified atom stereocenters. The van der Waals surface area contributed by atoms with E-state index in [0.29, 0.717) is 12.0 Å². The molecule has 1 nitrogen and oxygen atoms in total. The van der Waals surface area contributed by atoms with Crippen molar-refractivity contribution in [3.05, 3.63) is 0 Å². The average molecular weight is 176 g/mol. The van der Waals surface area contributed by atoms with Crippen LogP contribution in [0.15, 0.2) is 0 Å². The van der Waals surface area contributed by atoms with E-state index in [0.717, 1.165) is 6.42 Å². The first-order valence-corrected chi connectivity index (χ1v) is 3.66. The standard InChI is InChI=1S/C9H17N.ClH/c1-5-8(7-10)6-9(2,3)4;/h1,8H,6-7,10H2,2-4H3;1H. The molecular weight excluding hydrogens is 158 g/mol. The van der Waals surface area contributed by atoms with Gasteiger partial charge in [-0.3, -0.25) is 0 Å². The molecule has 1 atom stereocenters. The molecule has 0 fully saturated rings. The minimum atomic E-state index is 0. The Morgan fingerprint density at radius 1 is 1.45 bits per heavy atom. The minimum absolute atomic E-state index is 0. The minimum Gasteiger partial charge on any atom is -0.329 e. The first kappa shape index (κ1) is 13.4. The number of terminal acetylenes is 1. The molecule has 11 heavy (non-hydrogen) atoms. The van der Waals surface area contributed by atoms with E-state index in [1.807, 2.05) is 0 Å². The quantitative estimate of drug-likeness (QED) is 0.639. The lowest BCUT2D eigenvalue weighted by Crippen LogP contribution is -2.19. The molecular formula is C9H18ClN. The molecule has 66 valence electrons. The van der Waals surface area contributed by atoms with E-state index in [1.54, 1.807) is 0 Å². The second kappa shape index (κ2) is 5.46. The van der Waals surface area contributed by atoms with Gasteiger partial charge in [-0.25, -0.2) is 0 Å². The predicted molar refractivity (Wildman–Crippen MR) is 52.7 cm³/mol. The van der Waals surface area contributed by atoms with Crippen molar-refractivity contribution in [3.8, 4) is 12.3 Å². The number of nitrogens with two attached hydrogens (primary N) is 1. The molecule has 0 aliphatic carbocycles. The van der Waals surface area contributed by atoms with Gasteiger partial charge in [-0.2, -0.15) is 0 Å². The van der Waals surface area contributed by atoms with Crippen molar-refractivity contribution in [1.29, 1.82) is 0 Å². The molecule has 0 aliphatic heterocycles. The van der Waals surface area contributed by atoms with Crippen LogP contribution in [0.3, 0.4) is 0 Å². The van der Waals surface area contributed by atoms with E-state index >= 15 is 0 Å². The number of rotatable bonds is 2. The van der Waals surface area contributed by atoms with Crippen molar-refractivity contribution in [2.24, 2.45) is 17.1 Å². The van der Waals surface area contributed by atoms with Crippen molar-refractivity contribution < 1.29 is 0 Å². The summed E-state index contributed by atoms with van der Waals surface area (Å²) >= 11 is 0. The molecule has 0 saturated carbocycles. The van der Waals surface area contributed by atoms with Crippen molar-refractivity contribution in [3.63, 3.8) is 0 Å². The van der Waals surface area contributed by atoms with E-state index in [9.17, 15) is 0 Å². The predicted octanol–water partition coefficient (Wildman–Crippen LogP) is 2.05. The molecule has 0 saturated heterocycles. The average Bonchev–Trinajstić information content (AvgIpc) is 1.81. The summed E-state index contributed by atoms with van der Waals surface area (Å²) < 4.78 is 0. The van der Waals surface area contributed by atoms with E-state index < -0.39 is 0 Å². The zero-order valence-corrected chi connectivity index (χ0v) is 8.37. The number of hydrogen-bond donors (Lipinski definition) is 1. The molecule has 0 amide bonds. The summed E-state index contributed by atoms with van der Waals surface area (Å²) in [5, 5.41) is 0. The Labute approximate surface area is 76.2 Å². The van der Waals surface area contributed by atoms with Gasteiger partial charge in [-0.05, 0) is 11.8 Å². The smallest absolute Gasteiger partial charge is 0.0327 e. The Bertz CT molecular complexity index is 129. The maximum Gasteiger partial charge on any atom is 0.0327 e. The van der Waals surface area contributed by atoms with Gasteiger partial charge in [0, 0.05) is 12.5 Å². The van der Waals surface area contributed by atoms with Gasteiger partial charge >= 0.3 is 0 Å². The first-order chi connectivity index (χ1) is 4.49. The third-order valence-corrected chi connectivity index (χ3v) is 1.38.